The van der Waals surface area contributed by atoms with Crippen LogP contribution in [0.25, 0.3) is 11.4 Å². The zero-order valence-electron chi connectivity index (χ0n) is 15.1. The van der Waals surface area contributed by atoms with Crippen LogP contribution in [0.5, 0.6) is 0 Å². The number of rotatable bonds is 5. The number of benzene rings is 1. The van der Waals surface area contributed by atoms with Gasteiger partial charge in [-0.05, 0) is 31.2 Å². The average molecular weight is 400 g/mol. The SMILES string of the molecule is Cn1c(SCC(=O)Nc2sc3c(c2N)CCCC3)nnc1-c1ccccc1. The van der Waals surface area contributed by atoms with Crippen LogP contribution < -0.4 is 11.1 Å². The summed E-state index contributed by atoms with van der Waals surface area (Å²) in [6.45, 7) is 0. The minimum atomic E-state index is -0.0745. The van der Waals surface area contributed by atoms with Gasteiger partial charge in [-0.2, -0.15) is 0 Å². The molecule has 0 aliphatic heterocycles. The number of aromatic nitrogens is 3. The highest BCUT2D eigenvalue weighted by atomic mass is 32.2. The van der Waals surface area contributed by atoms with E-state index in [0.29, 0.717) is 5.16 Å². The van der Waals surface area contributed by atoms with Crippen LogP contribution >= 0.6 is 23.1 Å². The van der Waals surface area contributed by atoms with Crippen molar-refractivity contribution in [2.75, 3.05) is 16.8 Å². The van der Waals surface area contributed by atoms with E-state index in [1.54, 1.807) is 11.3 Å². The summed E-state index contributed by atoms with van der Waals surface area (Å²) in [7, 11) is 1.91. The molecular weight excluding hydrogens is 378 g/mol. The Bertz CT molecular complexity index is 964. The molecule has 1 aromatic carbocycles. The maximum absolute atomic E-state index is 12.4. The molecule has 0 radical (unpaired) electrons. The monoisotopic (exact) mass is 399 g/mol. The maximum atomic E-state index is 12.4. The van der Waals surface area contributed by atoms with Crippen molar-refractivity contribution >= 4 is 39.7 Å². The molecule has 8 heteroatoms. The Morgan fingerprint density at radius 1 is 1.26 bits per heavy atom. The summed E-state index contributed by atoms with van der Waals surface area (Å²) in [5, 5.41) is 12.9. The standard InChI is InChI=1S/C19H21N5OS2/c1-24-17(12-7-3-2-4-8-12)22-23-19(24)26-11-15(25)21-18-16(20)13-9-5-6-10-14(13)27-18/h2-4,7-8H,5-6,9-11,20H2,1H3,(H,21,25). The summed E-state index contributed by atoms with van der Waals surface area (Å²) in [4.78, 5) is 13.7. The Balaban J connectivity index is 1.40. The molecule has 1 aliphatic carbocycles. The van der Waals surface area contributed by atoms with Gasteiger partial charge in [0.2, 0.25) is 5.91 Å². The van der Waals surface area contributed by atoms with Crippen molar-refractivity contribution in [2.45, 2.75) is 30.8 Å². The third-order valence-electron chi connectivity index (χ3n) is 4.66. The van der Waals surface area contributed by atoms with Crippen molar-refractivity contribution in [1.82, 2.24) is 14.8 Å². The molecule has 0 saturated carbocycles. The van der Waals surface area contributed by atoms with Crippen molar-refractivity contribution in [1.29, 1.82) is 0 Å². The molecule has 3 aromatic rings. The van der Waals surface area contributed by atoms with Gasteiger partial charge in [0.05, 0.1) is 11.4 Å². The second-order valence-electron chi connectivity index (χ2n) is 6.52. The van der Waals surface area contributed by atoms with Gasteiger partial charge in [0.1, 0.15) is 5.00 Å². The predicted octanol–water partition coefficient (Wildman–Crippen LogP) is 3.74. The summed E-state index contributed by atoms with van der Waals surface area (Å²) in [6.07, 6.45) is 4.46. The van der Waals surface area contributed by atoms with Gasteiger partial charge in [-0.3, -0.25) is 4.79 Å². The first-order chi connectivity index (χ1) is 13.1. The topological polar surface area (TPSA) is 85.8 Å². The van der Waals surface area contributed by atoms with Crippen LogP contribution in [0.4, 0.5) is 10.7 Å². The first-order valence-corrected chi connectivity index (χ1v) is 10.7. The van der Waals surface area contributed by atoms with Gasteiger partial charge in [0.15, 0.2) is 11.0 Å². The molecule has 1 aliphatic rings. The van der Waals surface area contributed by atoms with Crippen molar-refractivity contribution in [2.24, 2.45) is 7.05 Å². The lowest BCUT2D eigenvalue weighted by atomic mass is 9.98. The van der Waals surface area contributed by atoms with E-state index in [-0.39, 0.29) is 11.7 Å². The van der Waals surface area contributed by atoms with Crippen molar-refractivity contribution < 1.29 is 4.79 Å². The van der Waals surface area contributed by atoms with Gasteiger partial charge in [-0.15, -0.1) is 21.5 Å². The fourth-order valence-electron chi connectivity index (χ4n) is 3.26. The number of nitrogens with two attached hydrogens (primary N) is 1. The van der Waals surface area contributed by atoms with Crippen LogP contribution in [-0.2, 0) is 24.7 Å². The molecular formula is C19H21N5OS2. The number of hydrogen-bond acceptors (Lipinski definition) is 6. The summed E-state index contributed by atoms with van der Waals surface area (Å²) in [5.74, 6) is 0.978. The number of nitrogens with one attached hydrogen (secondary N) is 1. The molecule has 0 bridgehead atoms. The van der Waals surface area contributed by atoms with Crippen LogP contribution in [0.1, 0.15) is 23.3 Å². The van der Waals surface area contributed by atoms with Crippen molar-refractivity contribution in [3.63, 3.8) is 0 Å². The van der Waals surface area contributed by atoms with Crippen LogP contribution in [0.15, 0.2) is 35.5 Å². The minimum Gasteiger partial charge on any atom is -0.396 e. The van der Waals surface area contributed by atoms with E-state index in [2.05, 4.69) is 15.5 Å². The number of fused-ring (bicyclic) bond motifs is 1. The van der Waals surface area contributed by atoms with Crippen molar-refractivity contribution in [3.8, 4) is 11.4 Å². The maximum Gasteiger partial charge on any atom is 0.235 e. The fourth-order valence-corrected chi connectivity index (χ4v) is 5.19. The Hall–Kier alpha value is -2.32. The van der Waals surface area contributed by atoms with Crippen LogP contribution in [0, 0.1) is 0 Å². The molecule has 6 nitrogen and oxygen atoms in total. The lowest BCUT2D eigenvalue weighted by Gasteiger charge is -2.10. The fraction of sp³-hybridized carbons (Fsp3) is 0.316. The molecule has 0 atom stereocenters. The Labute approximate surface area is 166 Å². The summed E-state index contributed by atoms with van der Waals surface area (Å²) in [6, 6.07) is 9.89. The number of nitrogens with zero attached hydrogens (tertiary/aromatic N) is 3. The van der Waals surface area contributed by atoms with E-state index in [0.717, 1.165) is 34.9 Å². The molecule has 0 unspecified atom stereocenters. The molecule has 2 heterocycles. The quantitative estimate of drug-likeness (QED) is 0.639. The Morgan fingerprint density at radius 2 is 2.04 bits per heavy atom. The molecule has 0 saturated heterocycles. The zero-order chi connectivity index (χ0) is 18.8. The lowest BCUT2D eigenvalue weighted by Crippen LogP contribution is -2.14. The molecule has 2 aromatic heterocycles. The van der Waals surface area contributed by atoms with Gasteiger partial charge in [0.25, 0.3) is 0 Å². The number of carbonyl (C=O) groups excluding carboxylic acids is 1. The van der Waals surface area contributed by atoms with Crippen LogP contribution in [0.3, 0.4) is 0 Å². The van der Waals surface area contributed by atoms with Gasteiger partial charge in [-0.25, -0.2) is 0 Å². The molecule has 4 rings (SSSR count). The summed E-state index contributed by atoms with van der Waals surface area (Å²) < 4.78 is 1.91. The highest BCUT2D eigenvalue weighted by Gasteiger charge is 2.20. The smallest absolute Gasteiger partial charge is 0.235 e. The summed E-state index contributed by atoms with van der Waals surface area (Å²) >= 11 is 2.99. The minimum absolute atomic E-state index is 0.0745. The number of thioether (sulfide) groups is 1. The molecule has 1 amide bonds. The average Bonchev–Trinajstić information content (AvgIpc) is 3.21. The van der Waals surface area contributed by atoms with Gasteiger partial charge >= 0.3 is 0 Å². The third-order valence-corrected chi connectivity index (χ3v) is 6.91. The number of thiophene rings is 1. The molecule has 0 spiro atoms. The number of anilines is 2. The number of carbonyl (C=O) groups is 1. The molecule has 0 fully saturated rings. The molecule has 3 N–H and O–H groups in total. The third kappa shape index (κ3) is 3.72. The number of nitrogen functional groups attached to an aromatic ring is 1. The highest BCUT2D eigenvalue weighted by Crippen LogP contribution is 2.40. The number of amides is 1. The van der Waals surface area contributed by atoms with Gasteiger partial charge in [-0.1, -0.05) is 42.1 Å². The van der Waals surface area contributed by atoms with Crippen LogP contribution in [0.2, 0.25) is 0 Å². The van der Waals surface area contributed by atoms with E-state index in [9.17, 15) is 4.79 Å². The van der Waals surface area contributed by atoms with E-state index in [4.69, 9.17) is 5.73 Å². The summed E-state index contributed by atoms with van der Waals surface area (Å²) in [5.41, 5.74) is 9.21. The Morgan fingerprint density at radius 3 is 2.81 bits per heavy atom. The first kappa shape index (κ1) is 18.1. The highest BCUT2D eigenvalue weighted by molar-refractivity contribution is 7.99. The normalized spacial score (nSPS) is 13.4. The van der Waals surface area contributed by atoms with Crippen molar-refractivity contribution in [3.05, 3.63) is 40.8 Å². The first-order valence-electron chi connectivity index (χ1n) is 8.91. The largest absolute Gasteiger partial charge is 0.396 e. The molecule has 27 heavy (non-hydrogen) atoms. The molecule has 140 valence electrons. The predicted molar refractivity (Wildman–Crippen MR) is 111 cm³/mol. The van der Waals surface area contributed by atoms with E-state index < -0.39 is 0 Å². The van der Waals surface area contributed by atoms with Gasteiger partial charge in [0, 0.05) is 17.5 Å². The van der Waals surface area contributed by atoms with E-state index >= 15 is 0 Å². The van der Waals surface area contributed by atoms with E-state index in [1.165, 1.54) is 35.0 Å². The number of aryl methyl sites for hydroxylation is 1. The van der Waals surface area contributed by atoms with E-state index in [1.807, 2.05) is 41.9 Å². The van der Waals surface area contributed by atoms with Gasteiger partial charge < -0.3 is 15.6 Å². The second-order valence-corrected chi connectivity index (χ2v) is 8.57. The second kappa shape index (κ2) is 7.74. The Kier molecular flexibility index (Phi) is 5.18. The van der Waals surface area contributed by atoms with Crippen LogP contribution in [-0.4, -0.2) is 26.4 Å². The zero-order valence-corrected chi connectivity index (χ0v) is 16.7. The number of hydrogen-bond donors (Lipinski definition) is 2. The lowest BCUT2D eigenvalue weighted by molar-refractivity contribution is -0.113.